The minimum absolute atomic E-state index is 0.0142. The van der Waals surface area contributed by atoms with E-state index in [1.54, 1.807) is 7.11 Å². The number of ether oxygens (including phenoxy) is 3. The van der Waals surface area contributed by atoms with Crippen molar-refractivity contribution in [2.45, 2.75) is 63.6 Å². The maximum absolute atomic E-state index is 12.0. The van der Waals surface area contributed by atoms with Crippen LogP contribution in [0.3, 0.4) is 0 Å². The lowest BCUT2D eigenvalue weighted by molar-refractivity contribution is -0.161. The molecular weight excluding hydrogens is 234 g/mol. The molecule has 4 unspecified atom stereocenters. The molecule has 1 N–H and O–H groups in total. The topological polar surface area (TPSA) is 56.8 Å². The predicted molar refractivity (Wildman–Crippen MR) is 66.3 cm³/mol. The minimum Gasteiger partial charge on any atom is -0.461 e. The van der Waals surface area contributed by atoms with Crippen molar-refractivity contribution in [1.82, 2.24) is 5.32 Å². The molecular formula is C13H23NO4. The highest BCUT2D eigenvalue weighted by molar-refractivity contribution is 5.76. The van der Waals surface area contributed by atoms with Crippen molar-refractivity contribution in [2.24, 2.45) is 0 Å². The Morgan fingerprint density at radius 1 is 1.17 bits per heavy atom. The van der Waals surface area contributed by atoms with E-state index in [1.807, 2.05) is 13.8 Å². The number of carbonyl (C=O) groups is 1. The fourth-order valence-corrected chi connectivity index (χ4v) is 2.75. The molecule has 0 aromatic rings. The van der Waals surface area contributed by atoms with Gasteiger partial charge in [-0.25, -0.2) is 0 Å². The average molecular weight is 257 g/mol. The van der Waals surface area contributed by atoms with Gasteiger partial charge in [0.05, 0.1) is 18.3 Å². The van der Waals surface area contributed by atoms with Gasteiger partial charge in [-0.2, -0.15) is 0 Å². The molecule has 0 aromatic heterocycles. The van der Waals surface area contributed by atoms with Crippen LogP contribution < -0.4 is 5.32 Å². The number of esters is 1. The molecule has 0 saturated carbocycles. The molecule has 2 rings (SSSR count). The number of nitrogens with one attached hydrogen (secondary N) is 1. The highest BCUT2D eigenvalue weighted by atomic mass is 16.6. The zero-order valence-electron chi connectivity index (χ0n) is 11.3. The third-order valence-electron chi connectivity index (χ3n) is 3.65. The molecule has 0 amide bonds. The van der Waals surface area contributed by atoms with Gasteiger partial charge in [-0.05, 0) is 13.8 Å². The molecule has 0 aromatic carbocycles. The zero-order chi connectivity index (χ0) is 13.1. The first kappa shape index (κ1) is 13.8. The summed E-state index contributed by atoms with van der Waals surface area (Å²) in [6.45, 7) is 4.76. The molecule has 0 bridgehead atoms. The Labute approximate surface area is 108 Å². The van der Waals surface area contributed by atoms with Gasteiger partial charge >= 0.3 is 5.97 Å². The van der Waals surface area contributed by atoms with Crippen LogP contribution in [0.25, 0.3) is 0 Å². The second-order valence-corrected chi connectivity index (χ2v) is 5.34. The van der Waals surface area contributed by atoms with Crippen LogP contribution in [0.5, 0.6) is 0 Å². The third-order valence-corrected chi connectivity index (χ3v) is 3.65. The van der Waals surface area contributed by atoms with Crippen LogP contribution in [-0.2, 0) is 19.0 Å². The van der Waals surface area contributed by atoms with Crippen molar-refractivity contribution in [3.8, 4) is 0 Å². The molecule has 0 aliphatic carbocycles. The Balaban J connectivity index is 1.80. The van der Waals surface area contributed by atoms with Gasteiger partial charge in [-0.1, -0.05) is 0 Å². The van der Waals surface area contributed by atoms with Gasteiger partial charge in [0, 0.05) is 32.9 Å². The first-order valence-corrected chi connectivity index (χ1v) is 6.70. The van der Waals surface area contributed by atoms with Crippen LogP contribution in [0.1, 0.15) is 33.1 Å². The van der Waals surface area contributed by atoms with Gasteiger partial charge in [0.2, 0.25) is 0 Å². The monoisotopic (exact) mass is 257 g/mol. The Morgan fingerprint density at radius 3 is 2.39 bits per heavy atom. The fraction of sp³-hybridized carbons (Fsp3) is 0.923. The molecule has 2 aliphatic heterocycles. The number of rotatable bonds is 3. The van der Waals surface area contributed by atoms with Gasteiger partial charge in [-0.15, -0.1) is 0 Å². The van der Waals surface area contributed by atoms with Crippen LogP contribution in [0, 0.1) is 0 Å². The van der Waals surface area contributed by atoms with Crippen LogP contribution in [0.2, 0.25) is 0 Å². The van der Waals surface area contributed by atoms with E-state index in [-0.39, 0.29) is 36.4 Å². The summed E-state index contributed by atoms with van der Waals surface area (Å²) in [5.74, 6) is -0.152. The van der Waals surface area contributed by atoms with Crippen molar-refractivity contribution in [2.75, 3.05) is 13.7 Å². The summed E-state index contributed by atoms with van der Waals surface area (Å²) >= 11 is 0. The molecule has 2 saturated heterocycles. The smallest absolute Gasteiger partial charge is 0.323 e. The Kier molecular flexibility index (Phi) is 4.59. The molecule has 2 aliphatic rings. The van der Waals surface area contributed by atoms with Crippen LogP contribution in [0.15, 0.2) is 0 Å². The summed E-state index contributed by atoms with van der Waals surface area (Å²) in [5, 5.41) is 3.14. The van der Waals surface area contributed by atoms with E-state index < -0.39 is 0 Å². The molecule has 5 heteroatoms. The fourth-order valence-electron chi connectivity index (χ4n) is 2.75. The number of hydrogen-bond acceptors (Lipinski definition) is 5. The lowest BCUT2D eigenvalue weighted by Crippen LogP contribution is -2.40. The summed E-state index contributed by atoms with van der Waals surface area (Å²) in [5.41, 5.74) is 0. The van der Waals surface area contributed by atoms with Crippen LogP contribution in [-0.4, -0.2) is 50.1 Å². The van der Waals surface area contributed by atoms with E-state index in [1.165, 1.54) is 0 Å². The largest absolute Gasteiger partial charge is 0.461 e. The lowest BCUT2D eigenvalue weighted by atomic mass is 10.0. The van der Waals surface area contributed by atoms with Gasteiger partial charge in [-0.3, -0.25) is 4.79 Å². The number of hydrogen-bond donors (Lipinski definition) is 1. The third kappa shape index (κ3) is 3.43. The van der Waals surface area contributed by atoms with Crippen molar-refractivity contribution in [3.05, 3.63) is 0 Å². The standard InChI is InChI=1S/C13H23NO4/c1-8-4-10(5-9(2)17-8)18-13(15)12-6-11(16-3)7-14-12/h8-12,14H,4-7H2,1-3H3. The molecule has 0 radical (unpaired) electrons. The van der Waals surface area contributed by atoms with Gasteiger partial charge in [0.25, 0.3) is 0 Å². The highest BCUT2D eigenvalue weighted by Crippen LogP contribution is 2.23. The molecule has 0 spiro atoms. The van der Waals surface area contributed by atoms with Crippen molar-refractivity contribution >= 4 is 5.97 Å². The maximum Gasteiger partial charge on any atom is 0.323 e. The SMILES string of the molecule is COC1CNC(C(=O)OC2CC(C)OC(C)C2)C1. The summed E-state index contributed by atoms with van der Waals surface area (Å²) in [6, 6.07) is -0.219. The van der Waals surface area contributed by atoms with Crippen molar-refractivity contribution < 1.29 is 19.0 Å². The van der Waals surface area contributed by atoms with Crippen LogP contribution >= 0.6 is 0 Å². The normalized spacial score (nSPS) is 40.7. The molecule has 4 atom stereocenters. The predicted octanol–water partition coefficient (Wildman–Crippen LogP) is 0.862. The first-order valence-electron chi connectivity index (χ1n) is 6.70. The van der Waals surface area contributed by atoms with E-state index in [4.69, 9.17) is 14.2 Å². The average Bonchev–Trinajstić information content (AvgIpc) is 2.75. The molecule has 2 heterocycles. The Morgan fingerprint density at radius 2 is 1.83 bits per heavy atom. The molecule has 18 heavy (non-hydrogen) atoms. The van der Waals surface area contributed by atoms with E-state index in [9.17, 15) is 4.79 Å². The summed E-state index contributed by atoms with van der Waals surface area (Å²) < 4.78 is 16.4. The summed E-state index contributed by atoms with van der Waals surface area (Å²) in [4.78, 5) is 12.0. The maximum atomic E-state index is 12.0. The summed E-state index contributed by atoms with van der Waals surface area (Å²) in [7, 11) is 1.67. The zero-order valence-corrected chi connectivity index (χ0v) is 11.3. The number of carbonyl (C=O) groups excluding carboxylic acids is 1. The highest BCUT2D eigenvalue weighted by Gasteiger charge is 2.34. The Bertz CT molecular complexity index is 287. The first-order chi connectivity index (χ1) is 8.58. The van der Waals surface area contributed by atoms with Gasteiger partial charge in [0.15, 0.2) is 0 Å². The number of methoxy groups -OCH3 is 1. The van der Waals surface area contributed by atoms with Gasteiger partial charge in [0.1, 0.15) is 12.1 Å². The minimum atomic E-state index is -0.219. The van der Waals surface area contributed by atoms with E-state index in [2.05, 4.69) is 5.32 Å². The molecule has 2 fully saturated rings. The molecule has 5 nitrogen and oxygen atoms in total. The molecule has 104 valence electrons. The van der Waals surface area contributed by atoms with Gasteiger partial charge < -0.3 is 19.5 Å². The van der Waals surface area contributed by atoms with E-state index in [0.717, 1.165) is 19.4 Å². The van der Waals surface area contributed by atoms with Crippen molar-refractivity contribution in [1.29, 1.82) is 0 Å². The lowest BCUT2D eigenvalue weighted by Gasteiger charge is -2.32. The summed E-state index contributed by atoms with van der Waals surface area (Å²) in [6.07, 6.45) is 2.70. The second-order valence-electron chi connectivity index (χ2n) is 5.34. The second kappa shape index (κ2) is 5.99. The quantitative estimate of drug-likeness (QED) is 0.760. The van der Waals surface area contributed by atoms with Crippen molar-refractivity contribution in [3.63, 3.8) is 0 Å². The Hall–Kier alpha value is -0.650. The van der Waals surface area contributed by atoms with E-state index >= 15 is 0 Å². The van der Waals surface area contributed by atoms with Crippen LogP contribution in [0.4, 0.5) is 0 Å². The van der Waals surface area contributed by atoms with E-state index in [0.29, 0.717) is 6.42 Å².